The molecule has 1 aromatic carbocycles. The minimum atomic E-state index is 0. The minimum Gasteiger partial charge on any atom is -0.379 e. The van der Waals surface area contributed by atoms with Gasteiger partial charge in [0.25, 0.3) is 0 Å². The summed E-state index contributed by atoms with van der Waals surface area (Å²) in [5, 5.41) is 0. The number of rotatable bonds is 1. The molecule has 1 aliphatic carbocycles. The fourth-order valence-corrected chi connectivity index (χ4v) is 2.76. The molecule has 2 aliphatic rings. The van der Waals surface area contributed by atoms with E-state index in [0.717, 1.165) is 18.9 Å². The van der Waals surface area contributed by atoms with Crippen molar-refractivity contribution >= 4 is 0 Å². The predicted molar refractivity (Wildman–Crippen MR) is 94.8 cm³/mol. The molecule has 0 radical (unpaired) electrons. The zero-order valence-corrected chi connectivity index (χ0v) is 14.3. The summed E-state index contributed by atoms with van der Waals surface area (Å²) >= 11 is 0. The maximum atomic E-state index is 5.15. The molecule has 122 valence electrons. The summed E-state index contributed by atoms with van der Waals surface area (Å²) in [6.07, 6.45) is 11.7. The van der Waals surface area contributed by atoms with Crippen molar-refractivity contribution in [1.82, 2.24) is 0 Å². The molecule has 1 heterocycles. The molecule has 1 saturated carbocycles. The first-order valence-electron chi connectivity index (χ1n) is 8.88. The molecule has 1 saturated heterocycles. The van der Waals surface area contributed by atoms with Gasteiger partial charge in [-0.1, -0.05) is 76.3 Å². The first kappa shape index (κ1) is 18.2. The Kier molecular flexibility index (Phi) is 10.2. The molecule has 0 aromatic heterocycles. The van der Waals surface area contributed by atoms with Crippen LogP contribution in [0.2, 0.25) is 0 Å². The maximum absolute atomic E-state index is 5.15. The quantitative estimate of drug-likeness (QED) is 0.593. The fraction of sp³-hybridized carbons (Fsp3) is 0.700. The number of aryl methyl sites for hydroxylation is 1. The summed E-state index contributed by atoms with van der Waals surface area (Å²) < 4.78 is 5.15. The second-order valence-electron chi connectivity index (χ2n) is 6.41. The Labute approximate surface area is 133 Å². The summed E-state index contributed by atoms with van der Waals surface area (Å²) in [7, 11) is 0. The smallest absolute Gasteiger partial charge is 0.0547 e. The summed E-state index contributed by atoms with van der Waals surface area (Å²) in [6.45, 7) is 7.63. The van der Waals surface area contributed by atoms with Crippen LogP contribution in [0.3, 0.4) is 0 Å². The molecule has 1 aromatic rings. The number of ether oxygens (including phenoxy) is 1. The van der Waals surface area contributed by atoms with E-state index in [0.29, 0.717) is 6.10 Å². The number of benzene rings is 1. The Morgan fingerprint density at radius 1 is 0.952 bits per heavy atom. The average molecular weight is 293 g/mol. The molecule has 3 rings (SSSR count). The first-order valence-corrected chi connectivity index (χ1v) is 8.88. The molecule has 1 aliphatic heterocycles. The van der Waals surface area contributed by atoms with E-state index in [4.69, 9.17) is 4.74 Å². The molecule has 0 N–H and O–H groups in total. The lowest BCUT2D eigenvalue weighted by molar-refractivity contribution is 0.125. The van der Waals surface area contributed by atoms with Gasteiger partial charge in [0.15, 0.2) is 0 Å². The van der Waals surface area contributed by atoms with E-state index in [1.54, 1.807) is 0 Å². The summed E-state index contributed by atoms with van der Waals surface area (Å²) in [5.74, 6) is 1.04. The minimum absolute atomic E-state index is 0. The van der Waals surface area contributed by atoms with Crippen LogP contribution in [-0.4, -0.2) is 12.7 Å². The van der Waals surface area contributed by atoms with E-state index in [-0.39, 0.29) is 1.43 Å². The molecule has 2 fully saturated rings. The first-order chi connectivity index (χ1) is 10.2. The fourth-order valence-electron chi connectivity index (χ4n) is 2.76. The Bertz CT molecular complexity index is 327. The van der Waals surface area contributed by atoms with Gasteiger partial charge in [-0.05, 0) is 37.7 Å². The highest BCUT2D eigenvalue weighted by Crippen LogP contribution is 2.22. The monoisotopic (exact) mass is 292 g/mol. The third-order valence-electron chi connectivity index (χ3n) is 4.30. The Morgan fingerprint density at radius 2 is 1.62 bits per heavy atom. The van der Waals surface area contributed by atoms with Crippen LogP contribution in [0.5, 0.6) is 0 Å². The van der Waals surface area contributed by atoms with Gasteiger partial charge in [-0.25, -0.2) is 0 Å². The van der Waals surface area contributed by atoms with Crippen LogP contribution in [0, 0.1) is 5.92 Å². The van der Waals surface area contributed by atoms with Crippen molar-refractivity contribution < 1.29 is 6.16 Å². The molecule has 1 atom stereocenters. The van der Waals surface area contributed by atoms with Crippen molar-refractivity contribution in [2.75, 3.05) is 6.61 Å². The second-order valence-corrected chi connectivity index (χ2v) is 6.41. The summed E-state index contributed by atoms with van der Waals surface area (Å²) in [5.41, 5.74) is 1.41. The predicted octanol–water partition coefficient (Wildman–Crippen LogP) is 6.27. The van der Waals surface area contributed by atoms with Crippen LogP contribution in [-0.2, 0) is 11.2 Å². The third-order valence-corrected chi connectivity index (χ3v) is 4.30. The van der Waals surface area contributed by atoms with E-state index in [1.165, 1.54) is 50.5 Å². The van der Waals surface area contributed by atoms with Gasteiger partial charge < -0.3 is 4.74 Å². The molecule has 0 spiro atoms. The van der Waals surface area contributed by atoms with Crippen LogP contribution in [0.15, 0.2) is 30.3 Å². The Morgan fingerprint density at radius 3 is 1.90 bits per heavy atom. The van der Waals surface area contributed by atoms with E-state index in [9.17, 15) is 0 Å². The van der Waals surface area contributed by atoms with Crippen LogP contribution in [0.25, 0.3) is 0 Å². The second kappa shape index (κ2) is 11.8. The van der Waals surface area contributed by atoms with Gasteiger partial charge in [-0.3, -0.25) is 0 Å². The van der Waals surface area contributed by atoms with Crippen molar-refractivity contribution in [2.24, 2.45) is 5.92 Å². The maximum Gasteiger partial charge on any atom is 0.0547 e. The molecular formula is C20H36O. The molecule has 1 nitrogen and oxygen atoms in total. The van der Waals surface area contributed by atoms with Gasteiger partial charge in [0.2, 0.25) is 0 Å². The van der Waals surface area contributed by atoms with Gasteiger partial charge in [0.1, 0.15) is 0 Å². The molecule has 21 heavy (non-hydrogen) atoms. The van der Waals surface area contributed by atoms with Gasteiger partial charge in [-0.15, -0.1) is 0 Å². The van der Waals surface area contributed by atoms with Crippen molar-refractivity contribution in [3.63, 3.8) is 0 Å². The molecule has 0 amide bonds. The van der Waals surface area contributed by atoms with Gasteiger partial charge >= 0.3 is 0 Å². The number of hydrogen-bond acceptors (Lipinski definition) is 1. The molecule has 0 bridgehead atoms. The third kappa shape index (κ3) is 9.68. The van der Waals surface area contributed by atoms with Crippen LogP contribution in [0.4, 0.5) is 0 Å². The summed E-state index contributed by atoms with van der Waals surface area (Å²) in [4.78, 5) is 0. The summed E-state index contributed by atoms with van der Waals surface area (Å²) in [6, 6.07) is 10.5. The molecule has 1 unspecified atom stereocenters. The van der Waals surface area contributed by atoms with Crippen molar-refractivity contribution in [1.29, 1.82) is 0 Å². The highest BCUT2D eigenvalue weighted by Gasteiger charge is 2.07. The number of hydrogen-bond donors (Lipinski definition) is 0. The van der Waals surface area contributed by atoms with Crippen LogP contribution in [0.1, 0.15) is 72.7 Å². The Hall–Kier alpha value is -0.820. The van der Waals surface area contributed by atoms with Crippen LogP contribution < -0.4 is 0 Å². The lowest BCUT2D eigenvalue weighted by Crippen LogP contribution is -1.99. The van der Waals surface area contributed by atoms with Gasteiger partial charge in [0, 0.05) is 8.03 Å². The average Bonchev–Trinajstić information content (AvgIpc) is 3.01. The van der Waals surface area contributed by atoms with Crippen molar-refractivity contribution in [3.8, 4) is 0 Å². The standard InChI is InChI=1S/C8H10.C7H14.C5H10O.H2/c1-2-8-6-4-3-5-7-8;1-7-5-3-2-4-6-7;1-5-3-2-4-6-5;/h3-7H,2H2,1H3;7H,2-6H2,1H3;5H,2-4H2,1H3;1H. The highest BCUT2D eigenvalue weighted by molar-refractivity contribution is 5.13. The van der Waals surface area contributed by atoms with E-state index < -0.39 is 0 Å². The molecule has 1 heteroatoms. The lowest BCUT2D eigenvalue weighted by Gasteiger charge is -2.15. The van der Waals surface area contributed by atoms with Crippen molar-refractivity contribution in [3.05, 3.63) is 35.9 Å². The lowest BCUT2D eigenvalue weighted by atomic mass is 9.91. The van der Waals surface area contributed by atoms with Gasteiger partial charge in [-0.2, -0.15) is 0 Å². The molecular weight excluding hydrogens is 256 g/mol. The largest absolute Gasteiger partial charge is 0.379 e. The Balaban J connectivity index is 0.000000297. The van der Waals surface area contributed by atoms with E-state index in [2.05, 4.69) is 45.0 Å². The topological polar surface area (TPSA) is 9.23 Å². The zero-order valence-electron chi connectivity index (χ0n) is 14.3. The van der Waals surface area contributed by atoms with Crippen LogP contribution >= 0.6 is 0 Å². The normalized spacial score (nSPS) is 21.8. The van der Waals surface area contributed by atoms with E-state index >= 15 is 0 Å². The SMILES string of the molecule is CC1CCCCC1.CC1CCCO1.CCc1ccccc1.[HH]. The zero-order chi connectivity index (χ0) is 15.3. The highest BCUT2D eigenvalue weighted by atomic mass is 16.5. The van der Waals surface area contributed by atoms with Gasteiger partial charge in [0.05, 0.1) is 6.10 Å². The van der Waals surface area contributed by atoms with Crippen molar-refractivity contribution in [2.45, 2.75) is 78.2 Å². The van der Waals surface area contributed by atoms with E-state index in [1.807, 2.05) is 6.07 Å².